The second kappa shape index (κ2) is 7.05. The van der Waals surface area contributed by atoms with Crippen molar-refractivity contribution in [2.24, 2.45) is 0 Å². The second-order valence-electron chi connectivity index (χ2n) is 4.76. The number of aryl methyl sites for hydroxylation is 1. The van der Waals surface area contributed by atoms with Crippen LogP contribution in [-0.2, 0) is 6.42 Å². The molecular formula is C15H22N4O. The van der Waals surface area contributed by atoms with Crippen molar-refractivity contribution in [2.45, 2.75) is 39.7 Å². The van der Waals surface area contributed by atoms with Crippen LogP contribution in [-0.4, -0.2) is 16.7 Å². The van der Waals surface area contributed by atoms with Gasteiger partial charge in [-0.25, -0.2) is 0 Å². The van der Waals surface area contributed by atoms with Crippen molar-refractivity contribution in [3.8, 4) is 0 Å². The van der Waals surface area contributed by atoms with Crippen molar-refractivity contribution in [3.05, 3.63) is 35.7 Å². The molecule has 0 bridgehead atoms. The van der Waals surface area contributed by atoms with Gasteiger partial charge in [0.15, 0.2) is 0 Å². The highest BCUT2D eigenvalue weighted by atomic mass is 16.4. The van der Waals surface area contributed by atoms with Gasteiger partial charge in [0, 0.05) is 5.69 Å². The molecule has 0 fully saturated rings. The van der Waals surface area contributed by atoms with Crippen molar-refractivity contribution in [2.75, 3.05) is 11.9 Å². The first kappa shape index (κ1) is 14.5. The van der Waals surface area contributed by atoms with E-state index >= 15 is 0 Å². The van der Waals surface area contributed by atoms with Gasteiger partial charge in [0.25, 0.3) is 0 Å². The monoisotopic (exact) mass is 274 g/mol. The normalized spacial score (nSPS) is 12.3. The molecule has 0 aliphatic rings. The molecule has 0 amide bonds. The molecule has 0 aliphatic carbocycles. The third-order valence-electron chi connectivity index (χ3n) is 3.10. The third kappa shape index (κ3) is 3.57. The van der Waals surface area contributed by atoms with Crippen molar-refractivity contribution in [3.63, 3.8) is 0 Å². The summed E-state index contributed by atoms with van der Waals surface area (Å²) in [6.07, 6.45) is 2.13. The number of hydrogen-bond acceptors (Lipinski definition) is 5. The number of rotatable bonds is 7. The fourth-order valence-corrected chi connectivity index (χ4v) is 2.10. The van der Waals surface area contributed by atoms with E-state index in [1.54, 1.807) is 0 Å². The van der Waals surface area contributed by atoms with Crippen LogP contribution in [0.3, 0.4) is 0 Å². The summed E-state index contributed by atoms with van der Waals surface area (Å²) in [5.41, 5.74) is 2.29. The van der Waals surface area contributed by atoms with Crippen molar-refractivity contribution >= 4 is 11.7 Å². The van der Waals surface area contributed by atoms with Crippen LogP contribution in [0.5, 0.6) is 0 Å². The van der Waals surface area contributed by atoms with Gasteiger partial charge in [0.05, 0.1) is 6.04 Å². The first-order chi connectivity index (χ1) is 9.74. The number of para-hydroxylation sites is 1. The summed E-state index contributed by atoms with van der Waals surface area (Å²) in [5.74, 6) is 0.599. The Labute approximate surface area is 119 Å². The number of nitrogens with zero attached hydrogens (tertiary/aromatic N) is 2. The molecular weight excluding hydrogens is 252 g/mol. The van der Waals surface area contributed by atoms with Gasteiger partial charge >= 0.3 is 6.01 Å². The molecule has 0 saturated heterocycles. The highest BCUT2D eigenvalue weighted by Crippen LogP contribution is 2.22. The van der Waals surface area contributed by atoms with Crippen LogP contribution in [0.2, 0.25) is 0 Å². The van der Waals surface area contributed by atoms with Gasteiger partial charge in [-0.1, -0.05) is 43.6 Å². The maximum atomic E-state index is 5.64. The van der Waals surface area contributed by atoms with E-state index in [1.165, 1.54) is 5.56 Å². The van der Waals surface area contributed by atoms with Crippen LogP contribution in [0.15, 0.2) is 28.7 Å². The summed E-state index contributed by atoms with van der Waals surface area (Å²) in [4.78, 5) is 0. The second-order valence-corrected chi connectivity index (χ2v) is 4.76. The molecule has 1 unspecified atom stereocenters. The van der Waals surface area contributed by atoms with E-state index < -0.39 is 0 Å². The van der Waals surface area contributed by atoms with Crippen molar-refractivity contribution in [1.29, 1.82) is 0 Å². The van der Waals surface area contributed by atoms with E-state index in [0.717, 1.165) is 25.1 Å². The molecule has 5 heteroatoms. The van der Waals surface area contributed by atoms with Crippen LogP contribution in [0, 0.1) is 0 Å². The summed E-state index contributed by atoms with van der Waals surface area (Å²) < 4.78 is 5.64. The smallest absolute Gasteiger partial charge is 0.320 e. The zero-order valence-electron chi connectivity index (χ0n) is 12.3. The molecule has 1 aromatic carbocycles. The Morgan fingerprint density at radius 2 is 2.00 bits per heavy atom. The third-order valence-corrected chi connectivity index (χ3v) is 3.10. The number of anilines is 2. The fourth-order valence-electron chi connectivity index (χ4n) is 2.10. The van der Waals surface area contributed by atoms with E-state index in [2.05, 4.69) is 33.8 Å². The molecule has 2 N–H and O–H groups in total. The molecule has 1 aromatic heterocycles. The molecule has 20 heavy (non-hydrogen) atoms. The topological polar surface area (TPSA) is 63.0 Å². The number of hydrogen-bond donors (Lipinski definition) is 2. The van der Waals surface area contributed by atoms with Crippen LogP contribution >= 0.6 is 0 Å². The lowest BCUT2D eigenvalue weighted by atomic mass is 10.1. The van der Waals surface area contributed by atoms with E-state index in [-0.39, 0.29) is 6.04 Å². The van der Waals surface area contributed by atoms with Gasteiger partial charge in [0.1, 0.15) is 0 Å². The first-order valence-corrected chi connectivity index (χ1v) is 7.16. The molecule has 0 saturated carbocycles. The van der Waals surface area contributed by atoms with E-state index in [0.29, 0.717) is 11.9 Å². The number of benzene rings is 1. The maximum Gasteiger partial charge on any atom is 0.320 e. The lowest BCUT2D eigenvalue weighted by Gasteiger charge is -2.08. The standard InChI is InChI=1S/C15H22N4O/c1-4-8-12-9-6-7-10-13(12)17-15-19-18-14(20-15)11(3)16-5-2/h6-7,9-11,16H,4-5,8H2,1-3H3,(H,17,19). The van der Waals surface area contributed by atoms with Gasteiger partial charge in [0.2, 0.25) is 5.89 Å². The lowest BCUT2D eigenvalue weighted by molar-refractivity contribution is 0.430. The molecule has 108 valence electrons. The van der Waals surface area contributed by atoms with Gasteiger partial charge in [-0.3, -0.25) is 0 Å². The molecule has 0 spiro atoms. The largest absolute Gasteiger partial charge is 0.406 e. The molecule has 1 heterocycles. The van der Waals surface area contributed by atoms with Crippen LogP contribution < -0.4 is 10.6 Å². The minimum Gasteiger partial charge on any atom is -0.406 e. The zero-order valence-corrected chi connectivity index (χ0v) is 12.3. The van der Waals surface area contributed by atoms with Crippen LogP contribution in [0.4, 0.5) is 11.7 Å². The Morgan fingerprint density at radius 1 is 1.20 bits per heavy atom. The summed E-state index contributed by atoms with van der Waals surface area (Å²) in [6, 6.07) is 8.69. The molecule has 0 radical (unpaired) electrons. The Balaban J connectivity index is 2.10. The fraction of sp³-hybridized carbons (Fsp3) is 0.467. The quantitative estimate of drug-likeness (QED) is 0.809. The predicted octanol–water partition coefficient (Wildman–Crippen LogP) is 3.44. The van der Waals surface area contributed by atoms with Gasteiger partial charge in [-0.05, 0) is 31.5 Å². The van der Waals surface area contributed by atoms with E-state index in [9.17, 15) is 0 Å². The molecule has 2 aromatic rings. The molecule has 1 atom stereocenters. The van der Waals surface area contributed by atoms with Crippen LogP contribution in [0.25, 0.3) is 0 Å². The first-order valence-electron chi connectivity index (χ1n) is 7.16. The minimum absolute atomic E-state index is 0.0638. The lowest BCUT2D eigenvalue weighted by Crippen LogP contribution is -2.17. The molecule has 5 nitrogen and oxygen atoms in total. The molecule has 0 aliphatic heterocycles. The predicted molar refractivity (Wildman–Crippen MR) is 80.1 cm³/mol. The minimum atomic E-state index is 0.0638. The number of nitrogens with one attached hydrogen (secondary N) is 2. The van der Waals surface area contributed by atoms with Crippen molar-refractivity contribution in [1.82, 2.24) is 15.5 Å². The average molecular weight is 274 g/mol. The Kier molecular flexibility index (Phi) is 5.12. The highest BCUT2D eigenvalue weighted by Gasteiger charge is 2.13. The van der Waals surface area contributed by atoms with E-state index in [4.69, 9.17) is 4.42 Å². The molecule has 2 rings (SSSR count). The number of aromatic nitrogens is 2. The summed E-state index contributed by atoms with van der Waals surface area (Å²) in [5, 5.41) is 14.6. The van der Waals surface area contributed by atoms with Crippen LogP contribution in [0.1, 0.15) is 44.7 Å². The van der Waals surface area contributed by atoms with Crippen molar-refractivity contribution < 1.29 is 4.42 Å². The summed E-state index contributed by atoms with van der Waals surface area (Å²) in [6.45, 7) is 7.09. The summed E-state index contributed by atoms with van der Waals surface area (Å²) >= 11 is 0. The highest BCUT2D eigenvalue weighted by molar-refractivity contribution is 5.57. The van der Waals surface area contributed by atoms with E-state index in [1.807, 2.05) is 32.0 Å². The van der Waals surface area contributed by atoms with Gasteiger partial charge in [-0.15, -0.1) is 5.10 Å². The average Bonchev–Trinajstić information content (AvgIpc) is 2.90. The Bertz CT molecular complexity index is 538. The Morgan fingerprint density at radius 3 is 2.75 bits per heavy atom. The zero-order chi connectivity index (χ0) is 14.4. The SMILES string of the molecule is CCCc1ccccc1Nc1nnc(C(C)NCC)o1. The van der Waals surface area contributed by atoms with Gasteiger partial charge < -0.3 is 15.1 Å². The van der Waals surface area contributed by atoms with Gasteiger partial charge in [-0.2, -0.15) is 0 Å². The Hall–Kier alpha value is -1.88. The summed E-state index contributed by atoms with van der Waals surface area (Å²) in [7, 11) is 0. The maximum absolute atomic E-state index is 5.64.